The minimum atomic E-state index is -4.97. The summed E-state index contributed by atoms with van der Waals surface area (Å²) in [6.07, 6.45) is 66.2. The highest BCUT2D eigenvalue weighted by Crippen LogP contribution is 2.45. The molecule has 0 bridgehead atoms. The zero-order chi connectivity index (χ0) is 69.0. The molecule has 0 aromatic rings. The molecule has 0 aliphatic heterocycles. The van der Waals surface area contributed by atoms with E-state index in [0.29, 0.717) is 25.7 Å². The highest BCUT2D eigenvalue weighted by molar-refractivity contribution is 7.47. The first-order valence-corrected chi connectivity index (χ1v) is 40.2. The van der Waals surface area contributed by atoms with Gasteiger partial charge in [-0.15, -0.1) is 0 Å². The molecule has 0 aromatic heterocycles. The smallest absolute Gasteiger partial charge is 0.462 e. The van der Waals surface area contributed by atoms with Crippen molar-refractivity contribution in [3.05, 3.63) is 72.9 Å². The van der Waals surface area contributed by atoms with Gasteiger partial charge in [0.05, 0.1) is 26.4 Å². The molecule has 19 heteroatoms. The van der Waals surface area contributed by atoms with Crippen molar-refractivity contribution in [2.45, 2.75) is 341 Å². The van der Waals surface area contributed by atoms with Gasteiger partial charge < -0.3 is 33.8 Å². The number of aliphatic hydroxyl groups is 1. The fourth-order valence-corrected chi connectivity index (χ4v) is 11.5. The maximum Gasteiger partial charge on any atom is 0.472 e. The summed E-state index contributed by atoms with van der Waals surface area (Å²) >= 11 is 0. The Bertz CT molecular complexity index is 2070. The molecule has 0 saturated carbocycles. The number of phosphoric acid groups is 2. The summed E-state index contributed by atoms with van der Waals surface area (Å²) in [6.45, 7) is 4.68. The molecule has 3 N–H and O–H groups in total. The van der Waals surface area contributed by atoms with Crippen molar-refractivity contribution in [1.82, 2.24) is 0 Å². The summed E-state index contributed by atoms with van der Waals surface area (Å²) in [7, 11) is -9.94. The number of allylic oxidation sites excluding steroid dienone is 12. The van der Waals surface area contributed by atoms with Crippen molar-refractivity contribution in [3.8, 4) is 0 Å². The van der Waals surface area contributed by atoms with Crippen molar-refractivity contribution in [2.75, 3.05) is 39.6 Å². The lowest BCUT2D eigenvalue weighted by Crippen LogP contribution is -2.30. The number of hydrogen-bond donors (Lipinski definition) is 3. The molecule has 17 nitrogen and oxygen atoms in total. The van der Waals surface area contributed by atoms with Crippen LogP contribution < -0.4 is 0 Å². The van der Waals surface area contributed by atoms with Crippen LogP contribution in [0.1, 0.15) is 323 Å². The van der Waals surface area contributed by atoms with E-state index in [1.807, 2.05) is 0 Å². The number of ether oxygens (including phenoxy) is 4. The third-order valence-corrected chi connectivity index (χ3v) is 17.5. The summed E-state index contributed by atoms with van der Waals surface area (Å²) in [5, 5.41) is 10.6. The average molecular weight is 1370 g/mol. The maximum atomic E-state index is 13.0. The van der Waals surface area contributed by atoms with Gasteiger partial charge in [-0.05, 0) is 128 Å². The summed E-state index contributed by atoms with van der Waals surface area (Å²) in [5.41, 5.74) is 0. The fourth-order valence-electron chi connectivity index (χ4n) is 9.91. The summed E-state index contributed by atoms with van der Waals surface area (Å²) < 4.78 is 68.3. The quantitative estimate of drug-likeness (QED) is 0.0169. The summed E-state index contributed by atoms with van der Waals surface area (Å²) in [4.78, 5) is 72.7. The topological polar surface area (TPSA) is 237 Å². The van der Waals surface area contributed by atoms with Gasteiger partial charge in [-0.1, -0.05) is 242 Å². The molecule has 0 rings (SSSR count). The molecule has 94 heavy (non-hydrogen) atoms. The number of phosphoric ester groups is 2. The lowest BCUT2D eigenvalue weighted by molar-refractivity contribution is -0.161. The lowest BCUT2D eigenvalue weighted by Gasteiger charge is -2.21. The Balaban J connectivity index is 5.30. The SMILES string of the molecule is CC/C=C\C/C=C\C/C=C\CCCCCCCCCC(=O)OCC(COP(=O)(O)OCC(O)COP(=O)(O)OCC(COC(=O)CCCCCCC/C=C\CCCCCC)OC(=O)CCCCCCC/C=C\CCCCCC)OC(=O)CCCCCCC/C=C\CCCC. The van der Waals surface area contributed by atoms with Gasteiger partial charge in [0.2, 0.25) is 0 Å². The van der Waals surface area contributed by atoms with E-state index in [9.17, 15) is 43.2 Å². The highest BCUT2D eigenvalue weighted by Gasteiger charge is 2.30. The van der Waals surface area contributed by atoms with E-state index in [4.69, 9.17) is 37.0 Å². The van der Waals surface area contributed by atoms with Crippen molar-refractivity contribution in [1.29, 1.82) is 0 Å². The third kappa shape index (κ3) is 67.1. The van der Waals surface area contributed by atoms with Crippen LogP contribution in [0.25, 0.3) is 0 Å². The van der Waals surface area contributed by atoms with E-state index < -0.39 is 97.5 Å². The second kappa shape index (κ2) is 68.0. The van der Waals surface area contributed by atoms with Gasteiger partial charge in [0.25, 0.3) is 0 Å². The first-order valence-electron chi connectivity index (χ1n) is 37.2. The standard InChI is InChI=1S/C75H134O17P2/c1-5-9-13-17-21-25-29-32-33-34-35-38-41-44-48-52-56-60-73(78)86-65-70(91-74(79)61-57-53-49-45-39-28-24-20-16-12-8-4)67-89-93(81,82)87-63-69(76)64-88-94(83,84)90-68-71(92-75(80)62-58-54-50-46-42-37-31-27-23-19-15-11-7-3)66-85-72(77)59-55-51-47-43-40-36-30-26-22-18-14-10-6-2/h9,13,20-21,24-27,30-33,69-71,76H,5-8,10-12,14-19,22-23,28-29,34-68H2,1-4H3,(H,81,82)(H,83,84)/b13-9-,24-20-,25-21-,30-26-,31-27-,33-32-. The number of unbranched alkanes of at least 4 members (excludes halogenated alkanes) is 32. The van der Waals surface area contributed by atoms with Gasteiger partial charge in [0.15, 0.2) is 12.2 Å². The second-order valence-electron chi connectivity index (χ2n) is 24.8. The van der Waals surface area contributed by atoms with Crippen LogP contribution in [0.15, 0.2) is 72.9 Å². The number of carbonyl (C=O) groups excluding carboxylic acids is 4. The monoisotopic (exact) mass is 1370 g/mol. The average Bonchev–Trinajstić information content (AvgIpc) is 1.32. The van der Waals surface area contributed by atoms with Crippen LogP contribution in [-0.2, 0) is 65.4 Å². The van der Waals surface area contributed by atoms with Crippen molar-refractivity contribution >= 4 is 39.5 Å². The zero-order valence-electron chi connectivity index (χ0n) is 59.4. The minimum Gasteiger partial charge on any atom is -0.462 e. The predicted molar refractivity (Wildman–Crippen MR) is 381 cm³/mol. The van der Waals surface area contributed by atoms with E-state index in [1.54, 1.807) is 0 Å². The Morgan fingerprint density at radius 2 is 0.564 bits per heavy atom. The molecule has 5 atom stereocenters. The number of esters is 4. The molecule has 0 amide bonds. The predicted octanol–water partition coefficient (Wildman–Crippen LogP) is 20.9. The first kappa shape index (κ1) is 90.5. The molecule has 0 aliphatic carbocycles. The largest absolute Gasteiger partial charge is 0.472 e. The summed E-state index contributed by atoms with van der Waals surface area (Å²) in [6, 6.07) is 0. The Hall–Kier alpha value is -3.50. The van der Waals surface area contributed by atoms with Gasteiger partial charge in [-0.3, -0.25) is 37.3 Å². The Labute approximate surface area is 571 Å². The van der Waals surface area contributed by atoms with E-state index in [-0.39, 0.29) is 25.7 Å². The van der Waals surface area contributed by atoms with Gasteiger partial charge in [0.1, 0.15) is 19.3 Å². The molecule has 0 aliphatic rings. The van der Waals surface area contributed by atoms with Crippen molar-refractivity contribution in [3.63, 3.8) is 0 Å². The minimum absolute atomic E-state index is 0.0839. The zero-order valence-corrected chi connectivity index (χ0v) is 61.2. The van der Waals surface area contributed by atoms with E-state index in [1.165, 1.54) is 64.2 Å². The van der Waals surface area contributed by atoms with Crippen molar-refractivity contribution in [2.24, 2.45) is 0 Å². The third-order valence-electron chi connectivity index (χ3n) is 15.6. The van der Waals surface area contributed by atoms with E-state index in [0.717, 1.165) is 180 Å². The maximum absolute atomic E-state index is 13.0. The van der Waals surface area contributed by atoms with Crippen LogP contribution in [0.4, 0.5) is 0 Å². The lowest BCUT2D eigenvalue weighted by atomic mass is 10.1. The molecule has 0 fully saturated rings. The molecule has 5 unspecified atom stereocenters. The van der Waals surface area contributed by atoms with Crippen LogP contribution in [0.5, 0.6) is 0 Å². The number of carbonyl (C=O) groups is 4. The molecule has 0 aromatic carbocycles. The molecule has 0 heterocycles. The molecule has 0 saturated heterocycles. The van der Waals surface area contributed by atoms with Crippen LogP contribution in [0.3, 0.4) is 0 Å². The van der Waals surface area contributed by atoms with Gasteiger partial charge >= 0.3 is 39.5 Å². The Kier molecular flexibility index (Phi) is 65.5. The van der Waals surface area contributed by atoms with Crippen LogP contribution in [-0.4, -0.2) is 96.7 Å². The molecular weight excluding hydrogens is 1230 g/mol. The van der Waals surface area contributed by atoms with Crippen LogP contribution in [0, 0.1) is 0 Å². The van der Waals surface area contributed by atoms with Crippen molar-refractivity contribution < 1.29 is 80.2 Å². The highest BCUT2D eigenvalue weighted by atomic mass is 31.2. The van der Waals surface area contributed by atoms with E-state index >= 15 is 0 Å². The Morgan fingerprint density at radius 1 is 0.309 bits per heavy atom. The van der Waals surface area contributed by atoms with Crippen LogP contribution in [0.2, 0.25) is 0 Å². The molecule has 0 spiro atoms. The Morgan fingerprint density at radius 3 is 0.894 bits per heavy atom. The number of hydrogen-bond acceptors (Lipinski definition) is 15. The summed E-state index contributed by atoms with van der Waals surface area (Å²) in [5.74, 6) is -2.20. The normalized spacial score (nSPS) is 14.4. The molecular formula is C75H134O17P2. The van der Waals surface area contributed by atoms with Crippen LogP contribution >= 0.6 is 15.6 Å². The van der Waals surface area contributed by atoms with Gasteiger partial charge in [0, 0.05) is 25.7 Å². The van der Waals surface area contributed by atoms with Gasteiger partial charge in [-0.25, -0.2) is 9.13 Å². The number of rotatable bonds is 70. The van der Waals surface area contributed by atoms with E-state index in [2.05, 4.69) is 101 Å². The molecule has 546 valence electrons. The first-order chi connectivity index (χ1) is 45.7. The molecule has 0 radical (unpaired) electrons. The second-order valence-corrected chi connectivity index (χ2v) is 27.8. The van der Waals surface area contributed by atoms with Gasteiger partial charge in [-0.2, -0.15) is 0 Å². The number of aliphatic hydroxyl groups excluding tert-OH is 1. The fraction of sp³-hybridized carbons (Fsp3) is 0.787.